The number of hydrogen-bond donors (Lipinski definition) is 1. The van der Waals surface area contributed by atoms with Crippen LogP contribution in [-0.2, 0) is 28.7 Å². The largest absolute Gasteiger partial charge is 0.455 e. The van der Waals surface area contributed by atoms with Crippen LogP contribution >= 0.6 is 0 Å². The van der Waals surface area contributed by atoms with E-state index in [9.17, 15) is 19.5 Å². The van der Waals surface area contributed by atoms with E-state index in [0.29, 0.717) is 19.4 Å². The molecule has 2 saturated heterocycles. The van der Waals surface area contributed by atoms with Crippen molar-refractivity contribution in [3.63, 3.8) is 0 Å². The lowest BCUT2D eigenvalue weighted by atomic mass is 9.77. The molecule has 3 amide bonds. The number of esters is 1. The van der Waals surface area contributed by atoms with Gasteiger partial charge in [-0.3, -0.25) is 19.2 Å². The van der Waals surface area contributed by atoms with Gasteiger partial charge in [0.25, 0.3) is 0 Å². The smallest absolute Gasteiger partial charge is 0.313 e. The van der Waals surface area contributed by atoms with Gasteiger partial charge in [-0.1, -0.05) is 89.3 Å². The van der Waals surface area contributed by atoms with Crippen LogP contribution in [0.4, 0.5) is 0 Å². The zero-order valence-electron chi connectivity index (χ0n) is 30.6. The van der Waals surface area contributed by atoms with Gasteiger partial charge in [-0.2, -0.15) is 0 Å². The maximum atomic E-state index is 15.0. The number of carbonyl (C=O) groups excluding carboxylic acids is 4. The summed E-state index contributed by atoms with van der Waals surface area (Å²) < 4.78 is 13.3. The highest BCUT2D eigenvalue weighted by atomic mass is 16.6. The van der Waals surface area contributed by atoms with Crippen LogP contribution < -0.4 is 0 Å². The van der Waals surface area contributed by atoms with Gasteiger partial charge in [-0.15, -0.1) is 0 Å². The molecule has 8 atom stereocenters. The predicted octanol–water partition coefficient (Wildman–Crippen LogP) is 4.68. The molecule has 5 rings (SSSR count). The average Bonchev–Trinajstić information content (AvgIpc) is 3.40. The lowest BCUT2D eigenvalue weighted by molar-refractivity contribution is -0.165. The first kappa shape index (κ1) is 36.8. The molecule has 4 aliphatic rings. The highest BCUT2D eigenvalue weighted by Crippen LogP contribution is 2.55. The van der Waals surface area contributed by atoms with Crippen LogP contribution in [0.25, 0.3) is 0 Å². The fourth-order valence-electron chi connectivity index (χ4n) is 8.74. The number of allylic oxidation sites excluding steroid dienone is 1. The number of cyclic esters (lactones) is 1. The van der Waals surface area contributed by atoms with Crippen LogP contribution in [0.2, 0.25) is 0 Å². The fourth-order valence-corrected chi connectivity index (χ4v) is 8.74. The highest BCUT2D eigenvalue weighted by molar-refractivity contribution is 5.99. The van der Waals surface area contributed by atoms with Crippen molar-refractivity contribution in [2.45, 2.75) is 116 Å². The number of hydrogen-bond acceptors (Lipinski definition) is 7. The van der Waals surface area contributed by atoms with Gasteiger partial charge in [0.2, 0.25) is 17.7 Å². The Labute approximate surface area is 291 Å². The second kappa shape index (κ2) is 13.7. The van der Waals surface area contributed by atoms with E-state index in [4.69, 9.17) is 9.47 Å². The van der Waals surface area contributed by atoms with E-state index in [1.165, 1.54) is 4.90 Å². The second-order valence-electron chi connectivity index (χ2n) is 16.5. The summed E-state index contributed by atoms with van der Waals surface area (Å²) >= 11 is 0. The molecular weight excluding hydrogens is 622 g/mol. The maximum absolute atomic E-state index is 15.0. The third-order valence-electron chi connectivity index (χ3n) is 10.9. The van der Waals surface area contributed by atoms with Crippen molar-refractivity contribution in [2.24, 2.45) is 23.2 Å². The van der Waals surface area contributed by atoms with Crippen LogP contribution in [0.3, 0.4) is 0 Å². The van der Waals surface area contributed by atoms with Crippen molar-refractivity contribution < 1.29 is 33.8 Å². The number of likely N-dealkylation sites (N-methyl/N-ethyl adjacent to an activating group) is 1. The minimum Gasteiger partial charge on any atom is -0.455 e. The van der Waals surface area contributed by atoms with E-state index in [1.54, 1.807) is 18.0 Å². The number of fused-ring (bicyclic) bond motifs is 2. The molecule has 0 aliphatic carbocycles. The van der Waals surface area contributed by atoms with E-state index >= 15 is 4.79 Å². The summed E-state index contributed by atoms with van der Waals surface area (Å²) in [6.45, 7) is 16.1. The van der Waals surface area contributed by atoms with Crippen molar-refractivity contribution in [2.75, 3.05) is 20.2 Å². The molecule has 2 fully saturated rings. The number of aliphatic hydroxyl groups excluding tert-OH is 1. The van der Waals surface area contributed by atoms with E-state index in [-0.39, 0.29) is 36.2 Å². The van der Waals surface area contributed by atoms with Crippen molar-refractivity contribution >= 4 is 23.7 Å². The topological polar surface area (TPSA) is 117 Å². The standard InChI is InChI=1S/C39H55N3O7/c1-24(2)27(22-43)42-33-35(46)41(38(7,8)23-37(4,5)6)21-15-20-39(33)31(34(42)45)30-28(49-39)18-13-14-19-29(44)40(9)25(3)32(48-36(30)47)26-16-11-10-12-17-26/h10-13,15-18,20,24-25,27-28,30-33,43H,14,19,21-23H2,1-9H3/b18-13-/t25-,27-,28-,30+,31+,32+,33-,39+/m0/s1. The molecule has 268 valence electrons. The number of rotatable bonds is 6. The number of amides is 3. The zero-order valence-corrected chi connectivity index (χ0v) is 30.6. The molecular formula is C39H55N3O7. The molecule has 1 N–H and O–H groups in total. The number of likely N-dealkylation sites (tertiary alicyclic amines) is 1. The molecule has 0 saturated carbocycles. The van der Waals surface area contributed by atoms with Gasteiger partial charge in [0, 0.05) is 25.6 Å². The van der Waals surface area contributed by atoms with Crippen LogP contribution in [0.1, 0.15) is 86.3 Å². The molecule has 1 aromatic carbocycles. The quantitative estimate of drug-likeness (QED) is 0.344. The molecule has 10 heteroatoms. The summed E-state index contributed by atoms with van der Waals surface area (Å²) in [5.74, 6) is -3.73. The van der Waals surface area contributed by atoms with Gasteiger partial charge < -0.3 is 29.3 Å². The minimum absolute atomic E-state index is 0.0843. The maximum Gasteiger partial charge on any atom is 0.313 e. The van der Waals surface area contributed by atoms with Gasteiger partial charge >= 0.3 is 5.97 Å². The first-order chi connectivity index (χ1) is 22.9. The van der Waals surface area contributed by atoms with E-state index in [1.807, 2.05) is 88.1 Å². The SMILES string of the molecule is CC(C)[C@H](CO)N1C(=O)[C@H]2[C@@H]3C(=O)O[C@@H](c4ccccc4)[C@H](C)N(C)C(=O)CC/C=C\[C@@H]3O[C@]23C=CCN(C(C)(C)CC(C)(C)C)C(=O)[C@H]13. The van der Waals surface area contributed by atoms with Crippen LogP contribution in [0, 0.1) is 23.2 Å². The first-order valence-electron chi connectivity index (χ1n) is 17.7. The Hall–Kier alpha value is -3.50. The number of nitrogens with zero attached hydrogens (tertiary/aromatic N) is 3. The van der Waals surface area contributed by atoms with Gasteiger partial charge in [-0.05, 0) is 50.5 Å². The molecule has 1 spiro atoms. The van der Waals surface area contributed by atoms with Gasteiger partial charge in [0.05, 0.1) is 30.7 Å². The van der Waals surface area contributed by atoms with Crippen LogP contribution in [-0.4, -0.2) is 99.1 Å². The second-order valence-corrected chi connectivity index (χ2v) is 16.5. The number of ether oxygens (including phenoxy) is 2. The molecule has 0 unspecified atom stereocenters. The Morgan fingerprint density at radius 1 is 1.00 bits per heavy atom. The van der Waals surface area contributed by atoms with Crippen molar-refractivity contribution in [3.05, 3.63) is 60.2 Å². The third-order valence-corrected chi connectivity index (χ3v) is 10.9. The summed E-state index contributed by atoms with van der Waals surface area (Å²) in [6, 6.07) is 7.00. The summed E-state index contributed by atoms with van der Waals surface area (Å²) in [4.78, 5) is 62.7. The lowest BCUT2D eigenvalue weighted by Crippen LogP contribution is -2.62. The zero-order chi connectivity index (χ0) is 36.1. The van der Waals surface area contributed by atoms with E-state index in [2.05, 4.69) is 20.8 Å². The lowest BCUT2D eigenvalue weighted by Gasteiger charge is -2.45. The molecule has 4 aliphatic heterocycles. The number of benzene rings is 1. The monoisotopic (exact) mass is 677 g/mol. The molecule has 1 aromatic rings. The normalized spacial score (nSPS) is 32.6. The first-order valence-corrected chi connectivity index (χ1v) is 17.7. The van der Waals surface area contributed by atoms with E-state index < -0.39 is 65.2 Å². The minimum atomic E-state index is -1.48. The van der Waals surface area contributed by atoms with E-state index in [0.717, 1.165) is 5.56 Å². The van der Waals surface area contributed by atoms with Crippen molar-refractivity contribution in [1.82, 2.24) is 14.7 Å². The Bertz CT molecular complexity index is 1480. The Morgan fingerprint density at radius 3 is 2.29 bits per heavy atom. The number of aliphatic hydroxyl groups is 1. The molecule has 10 nitrogen and oxygen atoms in total. The summed E-state index contributed by atoms with van der Waals surface area (Å²) in [5.41, 5.74) is -1.42. The van der Waals surface area contributed by atoms with Gasteiger partial charge in [-0.25, -0.2) is 0 Å². The predicted molar refractivity (Wildman–Crippen MR) is 186 cm³/mol. The number of carbonyl (C=O) groups is 4. The molecule has 0 aromatic heterocycles. The molecule has 49 heavy (non-hydrogen) atoms. The van der Waals surface area contributed by atoms with Crippen LogP contribution in [0.5, 0.6) is 0 Å². The Kier molecular flexibility index (Phi) is 10.3. The summed E-state index contributed by atoms with van der Waals surface area (Å²) in [6.07, 6.45) is 6.95. The summed E-state index contributed by atoms with van der Waals surface area (Å²) in [7, 11) is 1.71. The van der Waals surface area contributed by atoms with Crippen LogP contribution in [0.15, 0.2) is 54.6 Å². The Morgan fingerprint density at radius 2 is 1.67 bits per heavy atom. The van der Waals surface area contributed by atoms with Crippen molar-refractivity contribution in [3.8, 4) is 0 Å². The molecule has 0 bridgehead atoms. The van der Waals surface area contributed by atoms with Crippen molar-refractivity contribution in [1.29, 1.82) is 0 Å². The third kappa shape index (κ3) is 6.70. The van der Waals surface area contributed by atoms with Gasteiger partial charge in [0.1, 0.15) is 23.7 Å². The van der Waals surface area contributed by atoms with Gasteiger partial charge in [0.15, 0.2) is 0 Å². The average molecular weight is 678 g/mol. The molecule has 0 radical (unpaired) electrons. The highest BCUT2D eigenvalue weighted by Gasteiger charge is 2.73. The summed E-state index contributed by atoms with van der Waals surface area (Å²) in [5, 5.41) is 10.7. The Balaban J connectivity index is 1.65. The molecule has 4 heterocycles. The fraction of sp³-hybridized carbons (Fsp3) is 0.641.